The van der Waals surface area contributed by atoms with Crippen LogP contribution in [0.5, 0.6) is 0 Å². The van der Waals surface area contributed by atoms with Gasteiger partial charge in [0.2, 0.25) is 0 Å². The molecule has 0 aliphatic heterocycles. The van der Waals surface area contributed by atoms with Crippen molar-refractivity contribution in [3.63, 3.8) is 0 Å². The number of hydrogen-bond acceptors (Lipinski definition) is 0. The van der Waals surface area contributed by atoms with Gasteiger partial charge in [0.05, 0.1) is 0 Å². The van der Waals surface area contributed by atoms with Crippen LogP contribution in [0.15, 0.2) is 133 Å². The van der Waals surface area contributed by atoms with Crippen LogP contribution in [-0.2, 0) is 6.42 Å². The van der Waals surface area contributed by atoms with Crippen LogP contribution in [0.25, 0.3) is 11.1 Å². The Morgan fingerprint density at radius 1 is 0.448 bits per heavy atom. The first-order chi connectivity index (χ1) is 14.4. The van der Waals surface area contributed by atoms with Crippen molar-refractivity contribution in [2.45, 2.75) is 6.42 Å². The van der Waals surface area contributed by atoms with Crippen molar-refractivity contribution >= 4 is 11.1 Å². The zero-order chi connectivity index (χ0) is 19.7. The summed E-state index contributed by atoms with van der Waals surface area (Å²) in [5.74, 6) is 0. The average Bonchev–Trinajstić information content (AvgIpc) is 2.81. The molecule has 0 nitrogen and oxygen atoms in total. The maximum Gasteiger partial charge on any atom is -0.00198 e. The molecule has 0 radical (unpaired) electrons. The Morgan fingerprint density at radius 2 is 0.862 bits per heavy atom. The van der Waals surface area contributed by atoms with Crippen LogP contribution in [0.4, 0.5) is 0 Å². The fourth-order valence-electron chi connectivity index (χ4n) is 3.50. The highest BCUT2D eigenvalue weighted by molar-refractivity contribution is 5.82. The summed E-state index contributed by atoms with van der Waals surface area (Å²) >= 11 is 0. The number of rotatable bonds is 6. The van der Waals surface area contributed by atoms with Gasteiger partial charge in [0, 0.05) is 0 Å². The quantitative estimate of drug-likeness (QED) is 0.308. The summed E-state index contributed by atoms with van der Waals surface area (Å²) < 4.78 is 0. The van der Waals surface area contributed by atoms with Crippen LogP contribution in [0, 0.1) is 0 Å². The zero-order valence-corrected chi connectivity index (χ0v) is 16.4. The SMILES string of the molecule is C(/C=C(/Cc1ccccc1)c1ccccc1)=C(c1ccccc1)c1ccccc1. The molecule has 4 aromatic carbocycles. The lowest BCUT2D eigenvalue weighted by Crippen LogP contribution is -1.92. The lowest BCUT2D eigenvalue weighted by Gasteiger charge is -2.10. The molecular weight excluding hydrogens is 348 g/mol. The van der Waals surface area contributed by atoms with Crippen LogP contribution in [-0.4, -0.2) is 0 Å². The molecule has 0 spiro atoms. The topological polar surface area (TPSA) is 0 Å². The maximum absolute atomic E-state index is 2.28. The Labute approximate surface area is 173 Å². The minimum Gasteiger partial charge on any atom is -0.0622 e. The third-order valence-electron chi connectivity index (χ3n) is 5.00. The second kappa shape index (κ2) is 9.52. The van der Waals surface area contributed by atoms with Gasteiger partial charge in [0.15, 0.2) is 0 Å². The van der Waals surface area contributed by atoms with Crippen molar-refractivity contribution in [1.29, 1.82) is 0 Å². The van der Waals surface area contributed by atoms with Gasteiger partial charge in [-0.15, -0.1) is 0 Å². The van der Waals surface area contributed by atoms with Gasteiger partial charge in [0.25, 0.3) is 0 Å². The molecule has 0 aliphatic carbocycles. The number of benzene rings is 4. The molecule has 0 heteroatoms. The maximum atomic E-state index is 2.28. The molecule has 0 unspecified atom stereocenters. The monoisotopic (exact) mass is 372 g/mol. The summed E-state index contributed by atoms with van der Waals surface area (Å²) in [5, 5.41) is 0. The van der Waals surface area contributed by atoms with Gasteiger partial charge >= 0.3 is 0 Å². The lowest BCUT2D eigenvalue weighted by atomic mass is 9.94. The van der Waals surface area contributed by atoms with Gasteiger partial charge in [-0.25, -0.2) is 0 Å². The van der Waals surface area contributed by atoms with Crippen LogP contribution < -0.4 is 0 Å². The molecule has 0 saturated heterocycles. The first-order valence-electron chi connectivity index (χ1n) is 10.0. The van der Waals surface area contributed by atoms with Gasteiger partial charge in [-0.05, 0) is 39.8 Å². The smallest absolute Gasteiger partial charge is 0.00198 e. The molecule has 0 fully saturated rings. The van der Waals surface area contributed by atoms with Crippen molar-refractivity contribution in [3.05, 3.63) is 156 Å². The van der Waals surface area contributed by atoms with Crippen LogP contribution in [0.1, 0.15) is 22.3 Å². The summed E-state index contributed by atoms with van der Waals surface area (Å²) in [6.45, 7) is 0. The van der Waals surface area contributed by atoms with Crippen molar-refractivity contribution in [1.82, 2.24) is 0 Å². The zero-order valence-electron chi connectivity index (χ0n) is 16.4. The van der Waals surface area contributed by atoms with Crippen molar-refractivity contribution in [2.24, 2.45) is 0 Å². The Kier molecular flexibility index (Phi) is 6.14. The molecule has 0 atom stereocenters. The predicted octanol–water partition coefficient (Wildman–Crippen LogP) is 7.44. The van der Waals surface area contributed by atoms with Crippen LogP contribution in [0.3, 0.4) is 0 Å². The van der Waals surface area contributed by atoms with E-state index < -0.39 is 0 Å². The van der Waals surface area contributed by atoms with Gasteiger partial charge in [0.1, 0.15) is 0 Å². The third-order valence-corrected chi connectivity index (χ3v) is 5.00. The van der Waals surface area contributed by atoms with Gasteiger partial charge < -0.3 is 0 Å². The average molecular weight is 373 g/mol. The van der Waals surface area contributed by atoms with E-state index in [2.05, 4.69) is 133 Å². The highest BCUT2D eigenvalue weighted by Crippen LogP contribution is 2.26. The van der Waals surface area contributed by atoms with E-state index in [9.17, 15) is 0 Å². The van der Waals surface area contributed by atoms with E-state index in [0.29, 0.717) is 0 Å². The number of hydrogen-bond donors (Lipinski definition) is 0. The molecular formula is C29H24. The van der Waals surface area contributed by atoms with E-state index in [-0.39, 0.29) is 0 Å². The largest absolute Gasteiger partial charge is 0.0622 e. The van der Waals surface area contributed by atoms with Gasteiger partial charge in [-0.3, -0.25) is 0 Å². The second-order valence-corrected chi connectivity index (χ2v) is 7.03. The fourth-order valence-corrected chi connectivity index (χ4v) is 3.50. The highest BCUT2D eigenvalue weighted by atomic mass is 14.1. The molecule has 0 aromatic heterocycles. The highest BCUT2D eigenvalue weighted by Gasteiger charge is 2.06. The summed E-state index contributed by atoms with van der Waals surface area (Å²) in [4.78, 5) is 0. The van der Waals surface area contributed by atoms with E-state index in [0.717, 1.165) is 6.42 Å². The molecule has 0 N–H and O–H groups in total. The minimum absolute atomic E-state index is 0.901. The molecule has 140 valence electrons. The molecule has 0 saturated carbocycles. The minimum atomic E-state index is 0.901. The van der Waals surface area contributed by atoms with E-state index in [4.69, 9.17) is 0 Å². The molecule has 0 amide bonds. The molecule has 4 aromatic rings. The van der Waals surface area contributed by atoms with E-state index >= 15 is 0 Å². The lowest BCUT2D eigenvalue weighted by molar-refractivity contribution is 1.28. The van der Waals surface area contributed by atoms with Gasteiger partial charge in [-0.1, -0.05) is 133 Å². The Bertz CT molecular complexity index is 1030. The van der Waals surface area contributed by atoms with E-state index in [1.54, 1.807) is 0 Å². The summed E-state index contributed by atoms with van der Waals surface area (Å²) in [6, 6.07) is 42.5. The van der Waals surface area contributed by atoms with E-state index in [1.165, 1.54) is 33.4 Å². The van der Waals surface area contributed by atoms with Gasteiger partial charge in [-0.2, -0.15) is 0 Å². The second-order valence-electron chi connectivity index (χ2n) is 7.03. The van der Waals surface area contributed by atoms with Crippen molar-refractivity contribution < 1.29 is 0 Å². The van der Waals surface area contributed by atoms with Crippen molar-refractivity contribution in [2.75, 3.05) is 0 Å². The predicted molar refractivity (Wildman–Crippen MR) is 125 cm³/mol. The summed E-state index contributed by atoms with van der Waals surface area (Å²) in [7, 11) is 0. The molecule has 29 heavy (non-hydrogen) atoms. The molecule has 0 bridgehead atoms. The first kappa shape index (κ1) is 18.7. The van der Waals surface area contributed by atoms with E-state index in [1.807, 2.05) is 0 Å². The standard InChI is InChI=1S/C29H24/c1-5-13-24(14-6-1)23-28(25-15-7-2-8-16-25)21-22-29(26-17-9-3-10-18-26)27-19-11-4-12-20-27/h1-22H,23H2/b28-21-. The molecule has 4 rings (SSSR count). The molecule has 0 aliphatic rings. The molecule has 0 heterocycles. The Balaban J connectivity index is 1.79. The van der Waals surface area contributed by atoms with Crippen molar-refractivity contribution in [3.8, 4) is 0 Å². The van der Waals surface area contributed by atoms with Crippen LogP contribution >= 0.6 is 0 Å². The number of allylic oxidation sites excluding steroid dienone is 3. The Hall–Kier alpha value is -3.64. The first-order valence-corrected chi connectivity index (χ1v) is 10.0. The Morgan fingerprint density at radius 3 is 1.34 bits per heavy atom. The third kappa shape index (κ3) is 5.00. The van der Waals surface area contributed by atoms with Crippen LogP contribution in [0.2, 0.25) is 0 Å². The fraction of sp³-hybridized carbons (Fsp3) is 0.0345. The summed E-state index contributed by atoms with van der Waals surface area (Å²) in [6.07, 6.45) is 5.44. The normalized spacial score (nSPS) is 11.1. The summed E-state index contributed by atoms with van der Waals surface area (Å²) in [5.41, 5.74) is 7.56.